The first kappa shape index (κ1) is 14.0. The van der Waals surface area contributed by atoms with Crippen molar-refractivity contribution in [2.75, 3.05) is 26.5 Å². The predicted octanol–water partition coefficient (Wildman–Crippen LogP) is 0.334. The number of methoxy groups -OCH3 is 1. The average Bonchev–Trinajstić information content (AvgIpc) is 2.27. The Morgan fingerprint density at radius 2 is 2.06 bits per heavy atom. The summed E-state index contributed by atoms with van der Waals surface area (Å²) in [6, 6.07) is 7.73. The molecule has 0 fully saturated rings. The lowest BCUT2D eigenvalue weighted by atomic mass is 10.2. The van der Waals surface area contributed by atoms with Crippen LogP contribution in [0.3, 0.4) is 0 Å². The van der Waals surface area contributed by atoms with Crippen LogP contribution in [0.1, 0.15) is 5.56 Å². The summed E-state index contributed by atoms with van der Waals surface area (Å²) < 4.78 is 29.1. The summed E-state index contributed by atoms with van der Waals surface area (Å²) in [4.78, 5) is 0. The second kappa shape index (κ2) is 6.58. The highest BCUT2D eigenvalue weighted by Crippen LogP contribution is 2.11. The lowest BCUT2D eigenvalue weighted by Gasteiger charge is -2.06. The van der Waals surface area contributed by atoms with Crippen molar-refractivity contribution in [2.45, 2.75) is 6.54 Å². The van der Waals surface area contributed by atoms with Gasteiger partial charge in [0.2, 0.25) is 10.0 Å². The molecule has 0 heterocycles. The van der Waals surface area contributed by atoms with E-state index in [9.17, 15) is 8.42 Å². The minimum absolute atomic E-state index is 0.392. The molecule has 6 heteroatoms. The van der Waals surface area contributed by atoms with Gasteiger partial charge in [-0.05, 0) is 17.7 Å². The molecule has 0 spiro atoms. The molecule has 1 rings (SSSR count). The molecule has 17 heavy (non-hydrogen) atoms. The molecule has 0 aliphatic rings. The first-order valence-electron chi connectivity index (χ1n) is 5.29. The van der Waals surface area contributed by atoms with E-state index in [2.05, 4.69) is 10.0 Å². The quantitative estimate of drug-likeness (QED) is 0.692. The first-order chi connectivity index (χ1) is 8.01. The highest BCUT2D eigenvalue weighted by molar-refractivity contribution is 7.88. The minimum atomic E-state index is -3.09. The van der Waals surface area contributed by atoms with Gasteiger partial charge >= 0.3 is 0 Å². The molecule has 0 radical (unpaired) electrons. The van der Waals surface area contributed by atoms with Crippen molar-refractivity contribution in [1.29, 1.82) is 0 Å². The number of hydrogen-bond donors (Lipinski definition) is 2. The zero-order valence-corrected chi connectivity index (χ0v) is 10.9. The van der Waals surface area contributed by atoms with Gasteiger partial charge in [-0.25, -0.2) is 13.1 Å². The highest BCUT2D eigenvalue weighted by atomic mass is 32.2. The molecule has 0 aliphatic heterocycles. The van der Waals surface area contributed by atoms with Crippen LogP contribution in [0, 0.1) is 0 Å². The zero-order valence-electron chi connectivity index (χ0n) is 10.1. The van der Waals surface area contributed by atoms with Crippen molar-refractivity contribution in [3.8, 4) is 5.75 Å². The Kier molecular flexibility index (Phi) is 5.40. The Balaban J connectivity index is 2.26. The number of sulfonamides is 1. The summed E-state index contributed by atoms with van der Waals surface area (Å²) in [5.41, 5.74) is 1.10. The van der Waals surface area contributed by atoms with Crippen molar-refractivity contribution in [1.82, 2.24) is 10.0 Å². The van der Waals surface area contributed by atoms with Crippen molar-refractivity contribution in [3.05, 3.63) is 29.8 Å². The Hall–Kier alpha value is -1.11. The summed E-state index contributed by atoms with van der Waals surface area (Å²) in [5, 5.41) is 3.14. The smallest absolute Gasteiger partial charge is 0.208 e. The van der Waals surface area contributed by atoms with E-state index in [0.29, 0.717) is 19.6 Å². The van der Waals surface area contributed by atoms with Crippen LogP contribution in [0.15, 0.2) is 24.3 Å². The second-order valence-corrected chi connectivity index (χ2v) is 5.53. The van der Waals surface area contributed by atoms with E-state index >= 15 is 0 Å². The maximum Gasteiger partial charge on any atom is 0.208 e. The van der Waals surface area contributed by atoms with Gasteiger partial charge in [0.1, 0.15) is 5.75 Å². The van der Waals surface area contributed by atoms with Gasteiger partial charge in [-0.1, -0.05) is 12.1 Å². The molecular formula is C11H18N2O3S. The third-order valence-electron chi connectivity index (χ3n) is 2.13. The first-order valence-corrected chi connectivity index (χ1v) is 7.19. The fourth-order valence-electron chi connectivity index (χ4n) is 1.34. The van der Waals surface area contributed by atoms with E-state index in [1.165, 1.54) is 0 Å². The van der Waals surface area contributed by atoms with E-state index in [-0.39, 0.29) is 0 Å². The topological polar surface area (TPSA) is 67.4 Å². The second-order valence-electron chi connectivity index (χ2n) is 3.69. The Labute approximate surface area is 102 Å². The van der Waals surface area contributed by atoms with Gasteiger partial charge in [-0.2, -0.15) is 0 Å². The maximum atomic E-state index is 10.8. The van der Waals surface area contributed by atoms with Gasteiger partial charge in [0.15, 0.2) is 0 Å². The third kappa shape index (κ3) is 6.25. The number of benzene rings is 1. The molecule has 0 saturated carbocycles. The van der Waals surface area contributed by atoms with Gasteiger partial charge in [-0.3, -0.25) is 0 Å². The van der Waals surface area contributed by atoms with Gasteiger partial charge in [-0.15, -0.1) is 0 Å². The summed E-state index contributed by atoms with van der Waals surface area (Å²) in [6.45, 7) is 1.66. The molecule has 96 valence electrons. The molecule has 0 aliphatic carbocycles. The molecule has 1 aromatic carbocycles. The van der Waals surface area contributed by atoms with Crippen LogP contribution in [0.5, 0.6) is 5.75 Å². The van der Waals surface area contributed by atoms with Crippen LogP contribution < -0.4 is 14.8 Å². The summed E-state index contributed by atoms with van der Waals surface area (Å²) >= 11 is 0. The SMILES string of the molecule is COc1cccc(CNCCNS(C)(=O)=O)c1. The molecule has 1 aromatic rings. The van der Waals surface area contributed by atoms with E-state index in [4.69, 9.17) is 4.74 Å². The van der Waals surface area contributed by atoms with Crippen LogP contribution in [-0.2, 0) is 16.6 Å². The summed E-state index contributed by atoms with van der Waals surface area (Å²) in [5.74, 6) is 0.818. The summed E-state index contributed by atoms with van der Waals surface area (Å²) in [7, 11) is -1.46. The van der Waals surface area contributed by atoms with Crippen molar-refractivity contribution < 1.29 is 13.2 Å². The lowest BCUT2D eigenvalue weighted by Crippen LogP contribution is -2.30. The normalized spacial score (nSPS) is 11.4. The fourth-order valence-corrected chi connectivity index (χ4v) is 1.81. The fraction of sp³-hybridized carbons (Fsp3) is 0.455. The molecule has 0 aromatic heterocycles. The molecule has 0 bridgehead atoms. The monoisotopic (exact) mass is 258 g/mol. The van der Waals surface area contributed by atoms with Gasteiger partial charge in [0, 0.05) is 19.6 Å². The maximum absolute atomic E-state index is 10.8. The van der Waals surface area contributed by atoms with Crippen LogP contribution in [0.2, 0.25) is 0 Å². The lowest BCUT2D eigenvalue weighted by molar-refractivity contribution is 0.414. The minimum Gasteiger partial charge on any atom is -0.497 e. The molecular weight excluding hydrogens is 240 g/mol. The Bertz CT molecular complexity index is 446. The molecule has 0 saturated heterocycles. The predicted molar refractivity (Wildman–Crippen MR) is 67.5 cm³/mol. The largest absolute Gasteiger partial charge is 0.497 e. The molecule has 0 atom stereocenters. The van der Waals surface area contributed by atoms with Crippen molar-refractivity contribution >= 4 is 10.0 Å². The Morgan fingerprint density at radius 3 is 2.71 bits per heavy atom. The molecule has 2 N–H and O–H groups in total. The van der Waals surface area contributed by atoms with Gasteiger partial charge < -0.3 is 10.1 Å². The number of ether oxygens (including phenoxy) is 1. The number of rotatable bonds is 7. The van der Waals surface area contributed by atoms with E-state index < -0.39 is 10.0 Å². The Morgan fingerprint density at radius 1 is 1.29 bits per heavy atom. The van der Waals surface area contributed by atoms with Crippen LogP contribution >= 0.6 is 0 Å². The third-order valence-corrected chi connectivity index (χ3v) is 2.86. The van der Waals surface area contributed by atoms with E-state index in [1.807, 2.05) is 24.3 Å². The van der Waals surface area contributed by atoms with Crippen molar-refractivity contribution in [3.63, 3.8) is 0 Å². The van der Waals surface area contributed by atoms with Crippen LogP contribution in [-0.4, -0.2) is 34.9 Å². The van der Waals surface area contributed by atoms with E-state index in [0.717, 1.165) is 17.6 Å². The van der Waals surface area contributed by atoms with Gasteiger partial charge in [0.25, 0.3) is 0 Å². The average molecular weight is 258 g/mol. The number of nitrogens with one attached hydrogen (secondary N) is 2. The van der Waals surface area contributed by atoms with Gasteiger partial charge in [0.05, 0.1) is 13.4 Å². The zero-order chi connectivity index (χ0) is 12.7. The van der Waals surface area contributed by atoms with Crippen molar-refractivity contribution in [2.24, 2.45) is 0 Å². The number of hydrogen-bond acceptors (Lipinski definition) is 4. The van der Waals surface area contributed by atoms with E-state index in [1.54, 1.807) is 7.11 Å². The summed E-state index contributed by atoms with van der Waals surface area (Å²) in [6.07, 6.45) is 1.15. The highest BCUT2D eigenvalue weighted by Gasteiger charge is 1.99. The van der Waals surface area contributed by atoms with Crippen LogP contribution in [0.25, 0.3) is 0 Å². The molecule has 5 nitrogen and oxygen atoms in total. The standard InChI is InChI=1S/C11H18N2O3S/c1-16-11-5-3-4-10(8-11)9-12-6-7-13-17(2,14)15/h3-5,8,12-13H,6-7,9H2,1-2H3. The molecule has 0 unspecified atom stereocenters. The molecule has 0 amide bonds. The van der Waals surface area contributed by atoms with Crippen LogP contribution in [0.4, 0.5) is 0 Å².